The van der Waals surface area contributed by atoms with Crippen molar-refractivity contribution in [2.24, 2.45) is 0 Å². The van der Waals surface area contributed by atoms with Gasteiger partial charge in [-0.1, -0.05) is 23.5 Å². The molecule has 2 heterocycles. The molecular formula is C13H14N2O3S. The number of thiazole rings is 1. The summed E-state index contributed by atoms with van der Waals surface area (Å²) >= 11 is 1.18. The fourth-order valence-corrected chi connectivity index (χ4v) is 2.59. The summed E-state index contributed by atoms with van der Waals surface area (Å²) in [5.74, 6) is 1.62. The van der Waals surface area contributed by atoms with Crippen LogP contribution >= 0.6 is 11.3 Å². The van der Waals surface area contributed by atoms with E-state index in [2.05, 4.69) is 10.3 Å². The van der Waals surface area contributed by atoms with Gasteiger partial charge in [0.25, 0.3) is 0 Å². The molecule has 1 aromatic heterocycles. The number of hydrogen-bond donors (Lipinski definition) is 2. The topological polar surface area (TPSA) is 63.4 Å². The van der Waals surface area contributed by atoms with Crippen LogP contribution in [0.2, 0.25) is 0 Å². The smallest absolute Gasteiger partial charge is 0.304 e. The number of hydrogen-bond acceptors (Lipinski definition) is 5. The van der Waals surface area contributed by atoms with Crippen molar-refractivity contribution in [3.8, 4) is 11.5 Å². The molecule has 0 atom stereocenters. The van der Waals surface area contributed by atoms with Crippen molar-refractivity contribution < 1.29 is 9.47 Å². The number of para-hydroxylation sites is 1. The van der Waals surface area contributed by atoms with Crippen molar-refractivity contribution in [3.05, 3.63) is 44.5 Å². The second kappa shape index (κ2) is 5.46. The molecule has 2 aromatic rings. The van der Waals surface area contributed by atoms with Gasteiger partial charge < -0.3 is 19.8 Å². The van der Waals surface area contributed by atoms with E-state index in [0.717, 1.165) is 22.8 Å². The summed E-state index contributed by atoms with van der Waals surface area (Å²) in [5, 5.41) is 5.11. The predicted octanol–water partition coefficient (Wildman–Crippen LogP) is 1.50. The van der Waals surface area contributed by atoms with Crippen molar-refractivity contribution in [3.63, 3.8) is 0 Å². The first-order valence-corrected chi connectivity index (χ1v) is 6.96. The first-order chi connectivity index (χ1) is 9.33. The van der Waals surface area contributed by atoms with Gasteiger partial charge in [-0.3, -0.25) is 4.79 Å². The molecule has 0 unspecified atom stereocenters. The van der Waals surface area contributed by atoms with Crippen LogP contribution in [0.5, 0.6) is 11.5 Å². The summed E-state index contributed by atoms with van der Waals surface area (Å²) in [6, 6.07) is 5.88. The second-order valence-corrected chi connectivity index (χ2v) is 5.06. The fraction of sp³-hybridized carbons (Fsp3) is 0.308. The summed E-state index contributed by atoms with van der Waals surface area (Å²) in [5.41, 5.74) is 1.96. The summed E-state index contributed by atoms with van der Waals surface area (Å²) in [4.78, 5) is 13.8. The molecule has 0 fully saturated rings. The molecule has 3 rings (SSSR count). The fourth-order valence-electron chi connectivity index (χ4n) is 2.01. The van der Waals surface area contributed by atoms with Crippen LogP contribution in [0, 0.1) is 0 Å². The molecule has 0 amide bonds. The lowest BCUT2D eigenvalue weighted by Gasteiger charge is -2.21. The summed E-state index contributed by atoms with van der Waals surface area (Å²) in [7, 11) is 0. The van der Waals surface area contributed by atoms with Gasteiger partial charge in [-0.2, -0.15) is 0 Å². The van der Waals surface area contributed by atoms with Gasteiger partial charge in [-0.15, -0.1) is 0 Å². The van der Waals surface area contributed by atoms with Gasteiger partial charge >= 0.3 is 4.87 Å². The Bertz CT molecular complexity index is 620. The summed E-state index contributed by atoms with van der Waals surface area (Å²) < 4.78 is 11.2. The molecule has 1 aliphatic rings. The molecule has 100 valence electrons. The molecule has 1 aromatic carbocycles. The molecule has 2 N–H and O–H groups in total. The Kier molecular flexibility index (Phi) is 3.52. The Morgan fingerprint density at radius 3 is 3.00 bits per heavy atom. The van der Waals surface area contributed by atoms with Crippen molar-refractivity contribution in [1.82, 2.24) is 10.3 Å². The van der Waals surface area contributed by atoms with Crippen LogP contribution in [0.15, 0.2) is 28.4 Å². The standard InChI is InChI=1S/C13H14N2O3S/c16-13-15-10(8-19-13)7-14-6-9-2-1-3-11-12(9)18-5-4-17-11/h1-3,8,14H,4-7H2,(H,15,16). The van der Waals surface area contributed by atoms with E-state index in [1.54, 1.807) is 0 Å². The monoisotopic (exact) mass is 278 g/mol. The van der Waals surface area contributed by atoms with Crippen LogP contribution in [0.4, 0.5) is 0 Å². The van der Waals surface area contributed by atoms with Gasteiger partial charge in [0.1, 0.15) is 13.2 Å². The molecule has 0 saturated carbocycles. The minimum absolute atomic E-state index is 0.0226. The molecule has 0 radical (unpaired) electrons. The number of ether oxygens (including phenoxy) is 2. The number of benzene rings is 1. The minimum Gasteiger partial charge on any atom is -0.486 e. The molecule has 0 aliphatic carbocycles. The van der Waals surface area contributed by atoms with Crippen LogP contribution in [0.1, 0.15) is 11.3 Å². The Hall–Kier alpha value is -1.79. The van der Waals surface area contributed by atoms with Crippen LogP contribution in [0.25, 0.3) is 0 Å². The van der Waals surface area contributed by atoms with Gasteiger partial charge in [0.05, 0.1) is 0 Å². The molecule has 0 saturated heterocycles. The van der Waals surface area contributed by atoms with Gasteiger partial charge in [-0.25, -0.2) is 0 Å². The molecule has 0 bridgehead atoms. The number of nitrogens with one attached hydrogen (secondary N) is 2. The van der Waals surface area contributed by atoms with Crippen LogP contribution in [-0.4, -0.2) is 18.2 Å². The Morgan fingerprint density at radius 2 is 2.16 bits per heavy atom. The number of rotatable bonds is 4. The SMILES string of the molecule is O=c1[nH]c(CNCc2cccc3c2OCCO3)cs1. The average molecular weight is 278 g/mol. The molecule has 1 aliphatic heterocycles. The lowest BCUT2D eigenvalue weighted by molar-refractivity contribution is 0.169. The van der Waals surface area contributed by atoms with Gasteiger partial charge in [0.2, 0.25) is 0 Å². The van der Waals surface area contributed by atoms with E-state index in [1.807, 2.05) is 23.6 Å². The van der Waals surface area contributed by atoms with E-state index in [9.17, 15) is 4.79 Å². The van der Waals surface area contributed by atoms with Crippen LogP contribution in [-0.2, 0) is 13.1 Å². The molecular weight excluding hydrogens is 264 g/mol. The van der Waals surface area contributed by atoms with E-state index in [0.29, 0.717) is 26.3 Å². The van der Waals surface area contributed by atoms with Gasteiger partial charge in [0, 0.05) is 29.7 Å². The maximum atomic E-state index is 11.0. The third-order valence-corrected chi connectivity index (χ3v) is 3.57. The highest BCUT2D eigenvalue weighted by Crippen LogP contribution is 2.33. The normalized spacial score (nSPS) is 13.5. The summed E-state index contributed by atoms with van der Waals surface area (Å²) in [6.45, 7) is 2.48. The molecule has 19 heavy (non-hydrogen) atoms. The first-order valence-electron chi connectivity index (χ1n) is 6.08. The Labute approximate surface area is 114 Å². The summed E-state index contributed by atoms with van der Waals surface area (Å²) in [6.07, 6.45) is 0. The van der Waals surface area contributed by atoms with E-state index in [1.165, 1.54) is 11.3 Å². The molecule has 0 spiro atoms. The number of aromatic nitrogens is 1. The number of H-pyrrole nitrogens is 1. The van der Waals surface area contributed by atoms with E-state index in [-0.39, 0.29) is 4.87 Å². The predicted molar refractivity (Wildman–Crippen MR) is 72.9 cm³/mol. The highest BCUT2D eigenvalue weighted by Gasteiger charge is 2.14. The maximum absolute atomic E-state index is 11.0. The number of aromatic amines is 1. The lowest BCUT2D eigenvalue weighted by atomic mass is 10.1. The third kappa shape index (κ3) is 2.80. The van der Waals surface area contributed by atoms with Crippen molar-refractivity contribution in [2.75, 3.05) is 13.2 Å². The van der Waals surface area contributed by atoms with Crippen LogP contribution in [0.3, 0.4) is 0 Å². The zero-order valence-electron chi connectivity index (χ0n) is 10.3. The Balaban J connectivity index is 1.65. The Morgan fingerprint density at radius 1 is 1.26 bits per heavy atom. The van der Waals surface area contributed by atoms with Gasteiger partial charge in [0.15, 0.2) is 11.5 Å². The largest absolute Gasteiger partial charge is 0.486 e. The maximum Gasteiger partial charge on any atom is 0.304 e. The molecule has 5 nitrogen and oxygen atoms in total. The highest BCUT2D eigenvalue weighted by molar-refractivity contribution is 7.07. The zero-order valence-corrected chi connectivity index (χ0v) is 11.1. The third-order valence-electron chi connectivity index (χ3n) is 2.85. The van der Waals surface area contributed by atoms with Gasteiger partial charge in [-0.05, 0) is 6.07 Å². The van der Waals surface area contributed by atoms with E-state index in [4.69, 9.17) is 9.47 Å². The van der Waals surface area contributed by atoms with E-state index >= 15 is 0 Å². The zero-order chi connectivity index (χ0) is 13.1. The number of fused-ring (bicyclic) bond motifs is 1. The lowest BCUT2D eigenvalue weighted by Crippen LogP contribution is -2.19. The quantitative estimate of drug-likeness (QED) is 0.889. The molecule has 6 heteroatoms. The minimum atomic E-state index is -0.0226. The first kappa shape index (κ1) is 12.3. The highest BCUT2D eigenvalue weighted by atomic mass is 32.1. The average Bonchev–Trinajstić information content (AvgIpc) is 2.85. The van der Waals surface area contributed by atoms with Crippen molar-refractivity contribution >= 4 is 11.3 Å². The van der Waals surface area contributed by atoms with E-state index < -0.39 is 0 Å². The van der Waals surface area contributed by atoms with Crippen molar-refractivity contribution in [1.29, 1.82) is 0 Å². The van der Waals surface area contributed by atoms with Crippen molar-refractivity contribution in [2.45, 2.75) is 13.1 Å². The van der Waals surface area contributed by atoms with Crippen LogP contribution < -0.4 is 19.7 Å². The second-order valence-electron chi connectivity index (χ2n) is 4.22.